The molecule has 0 aromatic rings. The lowest BCUT2D eigenvalue weighted by Crippen LogP contribution is -2.30. The van der Waals surface area contributed by atoms with E-state index in [1.807, 2.05) is 0 Å². The van der Waals surface area contributed by atoms with E-state index < -0.39 is 6.10 Å². The molecule has 0 radical (unpaired) electrons. The molecule has 0 aromatic carbocycles. The molecule has 0 bridgehead atoms. The summed E-state index contributed by atoms with van der Waals surface area (Å²) >= 11 is 0. The van der Waals surface area contributed by atoms with Crippen molar-refractivity contribution in [3.63, 3.8) is 0 Å². The molecular weight excluding hydrogens is 721 g/mol. The Balaban J connectivity index is 4.29. The van der Waals surface area contributed by atoms with Crippen molar-refractivity contribution in [2.45, 2.75) is 297 Å². The van der Waals surface area contributed by atoms with Gasteiger partial charge in [-0.2, -0.15) is 0 Å². The number of unbranched alkanes of at least 4 members (excludes halogenated alkanes) is 34. The van der Waals surface area contributed by atoms with Gasteiger partial charge in [0.2, 0.25) is 0 Å². The summed E-state index contributed by atoms with van der Waals surface area (Å²) < 4.78 is 16.8. The van der Waals surface area contributed by atoms with Crippen molar-refractivity contribution in [1.29, 1.82) is 0 Å². The smallest absolute Gasteiger partial charge is 0.306 e. The van der Waals surface area contributed by atoms with Crippen molar-refractivity contribution in [2.24, 2.45) is 5.92 Å². The Bertz CT molecular complexity index is 872. The van der Waals surface area contributed by atoms with Crippen LogP contribution in [-0.4, -0.2) is 37.2 Å². The van der Waals surface area contributed by atoms with Gasteiger partial charge in [-0.3, -0.25) is 14.4 Å². The number of carbonyl (C=O) groups is 3. The maximum absolute atomic E-state index is 12.8. The molecule has 0 saturated carbocycles. The van der Waals surface area contributed by atoms with Gasteiger partial charge in [0.25, 0.3) is 0 Å². The van der Waals surface area contributed by atoms with Crippen LogP contribution in [-0.2, 0) is 28.6 Å². The molecule has 0 aliphatic heterocycles. The summed E-state index contributed by atoms with van der Waals surface area (Å²) in [7, 11) is 0. The summed E-state index contributed by atoms with van der Waals surface area (Å²) in [5.41, 5.74) is 0. The Morgan fingerprint density at radius 1 is 0.328 bits per heavy atom. The van der Waals surface area contributed by atoms with E-state index in [2.05, 4.69) is 27.7 Å². The SMILES string of the molecule is CCCCCCCCCCCCCCCCCCCC(=O)O[C@H](COC(=O)CCCCCCCCCCCCC)COC(=O)CCCCCCCCCCCC(C)C. The van der Waals surface area contributed by atoms with Crippen LogP contribution in [0.5, 0.6) is 0 Å². The van der Waals surface area contributed by atoms with Crippen molar-refractivity contribution >= 4 is 17.9 Å². The standard InChI is InChI=1S/C52H100O6/c1-5-7-9-11-13-15-17-18-19-20-21-22-24-28-33-37-41-45-52(55)58-49(46-56-50(53)43-39-35-31-27-23-16-14-12-10-8-6-2)47-57-51(54)44-40-36-32-29-25-26-30-34-38-42-48(3)4/h48-49H,5-47H2,1-4H3/t49-/m1/s1. The van der Waals surface area contributed by atoms with Crippen LogP contribution in [0.3, 0.4) is 0 Å². The third kappa shape index (κ3) is 45.5. The average Bonchev–Trinajstić information content (AvgIpc) is 3.21. The summed E-state index contributed by atoms with van der Waals surface area (Å²) in [6, 6.07) is 0. The number of ether oxygens (including phenoxy) is 3. The molecule has 1 atom stereocenters. The zero-order valence-electron chi connectivity index (χ0n) is 39.5. The van der Waals surface area contributed by atoms with Crippen LogP contribution < -0.4 is 0 Å². The van der Waals surface area contributed by atoms with Crippen molar-refractivity contribution in [3.05, 3.63) is 0 Å². The van der Waals surface area contributed by atoms with Gasteiger partial charge in [0.05, 0.1) is 0 Å². The molecule has 0 heterocycles. The molecule has 6 nitrogen and oxygen atoms in total. The molecule has 6 heteroatoms. The highest BCUT2D eigenvalue weighted by Crippen LogP contribution is 2.17. The van der Waals surface area contributed by atoms with Gasteiger partial charge in [-0.1, -0.05) is 252 Å². The number of carbonyl (C=O) groups excluding carboxylic acids is 3. The molecular formula is C52H100O6. The highest BCUT2D eigenvalue weighted by molar-refractivity contribution is 5.71. The van der Waals surface area contributed by atoms with Gasteiger partial charge >= 0.3 is 17.9 Å². The first kappa shape index (κ1) is 56.4. The Labute approximate surface area is 361 Å². The van der Waals surface area contributed by atoms with Crippen LogP contribution in [0.2, 0.25) is 0 Å². The van der Waals surface area contributed by atoms with Crippen LogP contribution in [0, 0.1) is 5.92 Å². The van der Waals surface area contributed by atoms with E-state index in [1.54, 1.807) is 0 Å². The molecule has 0 aliphatic carbocycles. The maximum atomic E-state index is 12.8. The number of rotatable bonds is 47. The van der Waals surface area contributed by atoms with Gasteiger partial charge in [0, 0.05) is 19.3 Å². The maximum Gasteiger partial charge on any atom is 0.306 e. The fourth-order valence-corrected chi connectivity index (χ4v) is 7.86. The summed E-state index contributed by atoms with van der Waals surface area (Å²) in [5.74, 6) is -0.0376. The van der Waals surface area contributed by atoms with Crippen molar-refractivity contribution in [2.75, 3.05) is 13.2 Å². The summed E-state index contributed by atoms with van der Waals surface area (Å²) in [4.78, 5) is 37.9. The van der Waals surface area contributed by atoms with Gasteiger partial charge < -0.3 is 14.2 Å². The van der Waals surface area contributed by atoms with Crippen LogP contribution in [0.25, 0.3) is 0 Å². The zero-order chi connectivity index (χ0) is 42.4. The molecule has 0 spiro atoms. The molecule has 0 N–H and O–H groups in total. The molecule has 0 aromatic heterocycles. The Morgan fingerprint density at radius 2 is 0.569 bits per heavy atom. The van der Waals surface area contributed by atoms with Gasteiger partial charge in [0.15, 0.2) is 6.10 Å². The van der Waals surface area contributed by atoms with Crippen LogP contribution in [0.1, 0.15) is 291 Å². The largest absolute Gasteiger partial charge is 0.462 e. The number of hydrogen-bond donors (Lipinski definition) is 0. The first-order valence-electron chi connectivity index (χ1n) is 25.9. The highest BCUT2D eigenvalue weighted by atomic mass is 16.6. The van der Waals surface area contributed by atoms with E-state index >= 15 is 0 Å². The van der Waals surface area contributed by atoms with Crippen molar-refractivity contribution in [1.82, 2.24) is 0 Å². The van der Waals surface area contributed by atoms with E-state index in [0.717, 1.165) is 63.7 Å². The molecule has 0 saturated heterocycles. The van der Waals surface area contributed by atoms with E-state index in [0.29, 0.717) is 19.3 Å². The first-order valence-corrected chi connectivity index (χ1v) is 25.9. The average molecular weight is 821 g/mol. The predicted octanol–water partition coefficient (Wildman–Crippen LogP) is 16.7. The normalized spacial score (nSPS) is 11.9. The van der Waals surface area contributed by atoms with Crippen molar-refractivity contribution < 1.29 is 28.6 Å². The Hall–Kier alpha value is -1.59. The summed E-state index contributed by atoms with van der Waals surface area (Å²) in [6.07, 6.45) is 48.0. The third-order valence-electron chi connectivity index (χ3n) is 11.8. The van der Waals surface area contributed by atoms with Crippen LogP contribution in [0.15, 0.2) is 0 Å². The lowest BCUT2D eigenvalue weighted by molar-refractivity contribution is -0.167. The molecule has 0 amide bonds. The van der Waals surface area contributed by atoms with Gasteiger partial charge in [-0.15, -0.1) is 0 Å². The fourth-order valence-electron chi connectivity index (χ4n) is 7.86. The number of esters is 3. The van der Waals surface area contributed by atoms with E-state index in [9.17, 15) is 14.4 Å². The quantitative estimate of drug-likeness (QED) is 0.0346. The lowest BCUT2D eigenvalue weighted by Gasteiger charge is -2.18. The minimum absolute atomic E-state index is 0.0631. The van der Waals surface area contributed by atoms with Crippen molar-refractivity contribution in [3.8, 4) is 0 Å². The molecule has 0 unspecified atom stereocenters. The molecule has 0 aliphatic rings. The summed E-state index contributed by atoms with van der Waals surface area (Å²) in [5, 5.41) is 0. The van der Waals surface area contributed by atoms with Gasteiger partial charge in [-0.25, -0.2) is 0 Å². The molecule has 0 fully saturated rings. The Kier molecular flexibility index (Phi) is 45.2. The summed E-state index contributed by atoms with van der Waals surface area (Å²) in [6.45, 7) is 9.00. The molecule has 344 valence electrons. The molecule has 58 heavy (non-hydrogen) atoms. The predicted molar refractivity (Wildman–Crippen MR) is 247 cm³/mol. The second-order valence-corrected chi connectivity index (χ2v) is 18.3. The third-order valence-corrected chi connectivity index (χ3v) is 11.8. The second kappa shape index (κ2) is 46.5. The second-order valence-electron chi connectivity index (χ2n) is 18.3. The minimum Gasteiger partial charge on any atom is -0.462 e. The fraction of sp³-hybridized carbons (Fsp3) is 0.942. The van der Waals surface area contributed by atoms with Crippen LogP contribution >= 0.6 is 0 Å². The zero-order valence-corrected chi connectivity index (χ0v) is 39.5. The van der Waals surface area contributed by atoms with Gasteiger partial charge in [-0.05, 0) is 25.2 Å². The topological polar surface area (TPSA) is 78.9 Å². The van der Waals surface area contributed by atoms with E-state index in [1.165, 1.54) is 186 Å². The highest BCUT2D eigenvalue weighted by Gasteiger charge is 2.19. The molecule has 0 rings (SSSR count). The Morgan fingerprint density at radius 3 is 0.845 bits per heavy atom. The number of hydrogen-bond acceptors (Lipinski definition) is 6. The van der Waals surface area contributed by atoms with E-state index in [4.69, 9.17) is 14.2 Å². The minimum atomic E-state index is -0.760. The monoisotopic (exact) mass is 821 g/mol. The lowest BCUT2D eigenvalue weighted by atomic mass is 10.0. The van der Waals surface area contributed by atoms with E-state index in [-0.39, 0.29) is 31.1 Å². The van der Waals surface area contributed by atoms with Crippen LogP contribution in [0.4, 0.5) is 0 Å². The first-order chi connectivity index (χ1) is 28.4. The van der Waals surface area contributed by atoms with Gasteiger partial charge in [0.1, 0.15) is 13.2 Å².